The van der Waals surface area contributed by atoms with Gasteiger partial charge in [0, 0.05) is 31.9 Å². The Morgan fingerprint density at radius 3 is 2.41 bits per heavy atom. The van der Waals surface area contributed by atoms with Gasteiger partial charge in [0.1, 0.15) is 17.4 Å². The van der Waals surface area contributed by atoms with Crippen LogP contribution in [0.3, 0.4) is 0 Å². The molecule has 1 saturated heterocycles. The highest BCUT2D eigenvalue weighted by Crippen LogP contribution is 2.21. The van der Waals surface area contributed by atoms with E-state index in [1.165, 1.54) is 0 Å². The number of anilines is 1. The summed E-state index contributed by atoms with van der Waals surface area (Å²) < 4.78 is 5.19. The number of rotatable bonds is 4. The Labute approximate surface area is 160 Å². The third-order valence-electron chi connectivity index (χ3n) is 4.71. The minimum atomic E-state index is -0.201. The van der Waals surface area contributed by atoms with Crippen LogP contribution in [0.15, 0.2) is 54.1 Å². The van der Waals surface area contributed by atoms with Crippen LogP contribution in [0.25, 0.3) is 6.08 Å². The third-order valence-corrected chi connectivity index (χ3v) is 4.71. The summed E-state index contributed by atoms with van der Waals surface area (Å²) in [6, 6.07) is 17.8. The number of aryl methyl sites for hydroxylation is 1. The molecule has 0 spiro atoms. The lowest BCUT2D eigenvalue weighted by molar-refractivity contribution is -0.126. The highest BCUT2D eigenvalue weighted by atomic mass is 16.5. The zero-order valence-corrected chi connectivity index (χ0v) is 15.7. The molecule has 0 bridgehead atoms. The smallest absolute Gasteiger partial charge is 0.264 e. The summed E-state index contributed by atoms with van der Waals surface area (Å²) in [4.78, 5) is 16.7. The van der Waals surface area contributed by atoms with Gasteiger partial charge in [0.25, 0.3) is 5.91 Å². The van der Waals surface area contributed by atoms with E-state index in [0.717, 1.165) is 35.7 Å². The summed E-state index contributed by atoms with van der Waals surface area (Å²) >= 11 is 0. The second-order valence-electron chi connectivity index (χ2n) is 6.56. The molecule has 3 rings (SSSR count). The summed E-state index contributed by atoms with van der Waals surface area (Å²) in [5.74, 6) is 0.626. The normalized spacial score (nSPS) is 14.6. The van der Waals surface area contributed by atoms with Crippen LogP contribution in [0.4, 0.5) is 5.69 Å². The Kier molecular flexibility index (Phi) is 5.77. The zero-order valence-electron chi connectivity index (χ0n) is 15.7. The van der Waals surface area contributed by atoms with Gasteiger partial charge >= 0.3 is 0 Å². The average molecular weight is 361 g/mol. The maximum absolute atomic E-state index is 12.7. The molecule has 1 aliphatic rings. The van der Waals surface area contributed by atoms with Gasteiger partial charge in [-0.05, 0) is 42.8 Å². The van der Waals surface area contributed by atoms with E-state index in [4.69, 9.17) is 4.74 Å². The molecule has 1 fully saturated rings. The average Bonchev–Trinajstić information content (AvgIpc) is 2.72. The van der Waals surface area contributed by atoms with E-state index >= 15 is 0 Å². The minimum absolute atomic E-state index is 0.179. The minimum Gasteiger partial charge on any atom is -0.497 e. The van der Waals surface area contributed by atoms with Crippen LogP contribution in [0, 0.1) is 18.3 Å². The molecule has 2 aromatic rings. The molecule has 1 aliphatic heterocycles. The van der Waals surface area contributed by atoms with Crippen molar-refractivity contribution in [2.24, 2.45) is 0 Å². The van der Waals surface area contributed by atoms with Gasteiger partial charge in [0.05, 0.1) is 7.11 Å². The molecule has 2 aromatic carbocycles. The standard InChI is InChI=1S/C22H23N3O2/c1-17-4-3-5-18(14-17)15-19(16-23)22(26)25-12-10-24(11-13-25)20-6-8-21(27-2)9-7-20/h3-9,14-15H,10-13H2,1-2H3/b19-15+. The number of carbonyl (C=O) groups is 1. The van der Waals surface area contributed by atoms with Gasteiger partial charge in [-0.25, -0.2) is 0 Å². The van der Waals surface area contributed by atoms with Gasteiger partial charge in [0.2, 0.25) is 0 Å². The van der Waals surface area contributed by atoms with Crippen molar-refractivity contribution in [1.29, 1.82) is 5.26 Å². The lowest BCUT2D eigenvalue weighted by Crippen LogP contribution is -2.49. The molecule has 0 aromatic heterocycles. The van der Waals surface area contributed by atoms with Crippen LogP contribution in [-0.2, 0) is 4.79 Å². The van der Waals surface area contributed by atoms with Crippen LogP contribution in [0.5, 0.6) is 5.75 Å². The molecule has 138 valence electrons. The lowest BCUT2D eigenvalue weighted by atomic mass is 10.1. The Balaban J connectivity index is 1.65. The van der Waals surface area contributed by atoms with E-state index in [-0.39, 0.29) is 11.5 Å². The van der Waals surface area contributed by atoms with Gasteiger partial charge in [-0.2, -0.15) is 5.26 Å². The molecule has 5 heteroatoms. The monoisotopic (exact) mass is 361 g/mol. The molecule has 0 N–H and O–H groups in total. The van der Waals surface area contributed by atoms with Gasteiger partial charge < -0.3 is 14.5 Å². The fourth-order valence-electron chi connectivity index (χ4n) is 3.20. The highest BCUT2D eigenvalue weighted by Gasteiger charge is 2.23. The first-order valence-corrected chi connectivity index (χ1v) is 8.97. The number of carbonyl (C=O) groups excluding carboxylic acids is 1. The molecule has 1 amide bonds. The number of methoxy groups -OCH3 is 1. The predicted octanol–water partition coefficient (Wildman–Crippen LogP) is 3.26. The summed E-state index contributed by atoms with van der Waals surface area (Å²) in [6.45, 7) is 4.65. The topological polar surface area (TPSA) is 56.6 Å². The maximum atomic E-state index is 12.7. The first kappa shape index (κ1) is 18.5. The van der Waals surface area contributed by atoms with Crippen molar-refractivity contribution >= 4 is 17.7 Å². The van der Waals surface area contributed by atoms with Crippen molar-refractivity contribution in [2.75, 3.05) is 38.2 Å². The Bertz CT molecular complexity index is 873. The number of ether oxygens (including phenoxy) is 1. The van der Waals surface area contributed by atoms with Crippen molar-refractivity contribution in [3.8, 4) is 11.8 Å². The molecule has 0 saturated carbocycles. The van der Waals surface area contributed by atoms with E-state index < -0.39 is 0 Å². The summed E-state index contributed by atoms with van der Waals surface area (Å²) in [5.41, 5.74) is 3.26. The van der Waals surface area contributed by atoms with Crippen molar-refractivity contribution in [1.82, 2.24) is 4.90 Å². The van der Waals surface area contributed by atoms with Crippen molar-refractivity contribution in [3.63, 3.8) is 0 Å². The number of benzene rings is 2. The molecule has 0 atom stereocenters. The number of nitriles is 1. The quantitative estimate of drug-likeness (QED) is 0.620. The summed E-state index contributed by atoms with van der Waals surface area (Å²) in [6.07, 6.45) is 1.67. The van der Waals surface area contributed by atoms with Gasteiger partial charge in [0.15, 0.2) is 0 Å². The largest absolute Gasteiger partial charge is 0.497 e. The van der Waals surface area contributed by atoms with E-state index in [9.17, 15) is 10.1 Å². The fraction of sp³-hybridized carbons (Fsp3) is 0.273. The molecule has 1 heterocycles. The first-order chi connectivity index (χ1) is 13.1. The van der Waals surface area contributed by atoms with Crippen LogP contribution >= 0.6 is 0 Å². The number of hydrogen-bond donors (Lipinski definition) is 0. The number of hydrogen-bond acceptors (Lipinski definition) is 4. The van der Waals surface area contributed by atoms with Crippen molar-refractivity contribution < 1.29 is 9.53 Å². The molecular weight excluding hydrogens is 338 g/mol. The Hall–Kier alpha value is -3.26. The fourth-order valence-corrected chi connectivity index (χ4v) is 3.20. The maximum Gasteiger partial charge on any atom is 0.264 e. The number of nitrogens with zero attached hydrogens (tertiary/aromatic N) is 3. The first-order valence-electron chi connectivity index (χ1n) is 8.97. The summed E-state index contributed by atoms with van der Waals surface area (Å²) in [7, 11) is 1.65. The van der Waals surface area contributed by atoms with Gasteiger partial charge in [-0.3, -0.25) is 4.79 Å². The van der Waals surface area contributed by atoms with Crippen LogP contribution in [0.2, 0.25) is 0 Å². The van der Waals surface area contributed by atoms with E-state index in [0.29, 0.717) is 13.1 Å². The third kappa shape index (κ3) is 4.48. The van der Waals surface area contributed by atoms with Crippen molar-refractivity contribution in [2.45, 2.75) is 6.92 Å². The van der Waals surface area contributed by atoms with Crippen LogP contribution in [0.1, 0.15) is 11.1 Å². The van der Waals surface area contributed by atoms with E-state index in [1.54, 1.807) is 18.1 Å². The molecule has 0 aliphatic carbocycles. The molecular formula is C22H23N3O2. The van der Waals surface area contributed by atoms with E-state index in [2.05, 4.69) is 11.0 Å². The van der Waals surface area contributed by atoms with Gasteiger partial charge in [-0.1, -0.05) is 29.8 Å². The Morgan fingerprint density at radius 2 is 1.81 bits per heavy atom. The lowest BCUT2D eigenvalue weighted by Gasteiger charge is -2.36. The number of amides is 1. The van der Waals surface area contributed by atoms with Crippen molar-refractivity contribution in [3.05, 3.63) is 65.2 Å². The molecule has 0 unspecified atom stereocenters. The van der Waals surface area contributed by atoms with Crippen LogP contribution in [-0.4, -0.2) is 44.1 Å². The number of piperazine rings is 1. The Morgan fingerprint density at radius 1 is 1.11 bits per heavy atom. The molecule has 5 nitrogen and oxygen atoms in total. The summed E-state index contributed by atoms with van der Waals surface area (Å²) in [5, 5.41) is 9.45. The second-order valence-corrected chi connectivity index (χ2v) is 6.56. The molecule has 0 radical (unpaired) electrons. The molecule has 27 heavy (non-hydrogen) atoms. The highest BCUT2D eigenvalue weighted by molar-refractivity contribution is 6.01. The van der Waals surface area contributed by atoms with Gasteiger partial charge in [-0.15, -0.1) is 0 Å². The second kappa shape index (κ2) is 8.41. The SMILES string of the molecule is COc1ccc(N2CCN(C(=O)/C(C#N)=C/c3cccc(C)c3)CC2)cc1. The van der Waals surface area contributed by atoms with E-state index in [1.807, 2.05) is 55.5 Å². The van der Waals surface area contributed by atoms with Crippen LogP contribution < -0.4 is 9.64 Å². The predicted molar refractivity (Wildman–Crippen MR) is 107 cm³/mol. The zero-order chi connectivity index (χ0) is 19.2.